The fraction of sp³-hybridized carbons (Fsp3) is 0.0667. The van der Waals surface area contributed by atoms with Crippen LogP contribution in [0.2, 0.25) is 0 Å². The van der Waals surface area contributed by atoms with E-state index in [2.05, 4.69) is 31.2 Å². The van der Waals surface area contributed by atoms with E-state index in [1.807, 2.05) is 30.5 Å². The molecule has 0 atom stereocenters. The van der Waals surface area contributed by atoms with E-state index >= 15 is 0 Å². The van der Waals surface area contributed by atoms with Gasteiger partial charge in [-0.05, 0) is 35.9 Å². The molecule has 0 saturated heterocycles. The highest BCUT2D eigenvalue weighted by Crippen LogP contribution is 2.15. The second-order valence-electron chi connectivity index (χ2n) is 4.40. The van der Waals surface area contributed by atoms with E-state index in [1.165, 1.54) is 0 Å². The largest absolute Gasteiger partial charge is 0.348 e. The molecule has 20 heavy (non-hydrogen) atoms. The fourth-order valence-corrected chi connectivity index (χ4v) is 2.48. The monoisotopic (exact) mass is 329 g/mol. The Morgan fingerprint density at radius 2 is 2.20 bits per heavy atom. The van der Waals surface area contributed by atoms with Crippen molar-refractivity contribution in [3.8, 4) is 0 Å². The molecule has 0 aliphatic rings. The Hall–Kier alpha value is -2.14. The number of benzene rings is 1. The van der Waals surface area contributed by atoms with Crippen LogP contribution in [0.4, 0.5) is 0 Å². The summed E-state index contributed by atoms with van der Waals surface area (Å²) >= 11 is 3.36. The maximum absolute atomic E-state index is 12.1. The molecule has 0 aliphatic heterocycles. The van der Waals surface area contributed by atoms with Gasteiger partial charge in [-0.1, -0.05) is 22.0 Å². The molecule has 2 N–H and O–H groups in total. The zero-order valence-electron chi connectivity index (χ0n) is 10.6. The van der Waals surface area contributed by atoms with Crippen molar-refractivity contribution >= 4 is 32.9 Å². The van der Waals surface area contributed by atoms with E-state index in [0.29, 0.717) is 12.1 Å². The minimum atomic E-state index is -0.0909. The normalized spacial score (nSPS) is 10.7. The van der Waals surface area contributed by atoms with Crippen molar-refractivity contribution in [2.24, 2.45) is 0 Å². The number of fused-ring (bicyclic) bond motifs is 1. The third-order valence-electron chi connectivity index (χ3n) is 3.08. The van der Waals surface area contributed by atoms with Crippen molar-refractivity contribution in [1.29, 1.82) is 0 Å². The molecule has 3 rings (SSSR count). The van der Waals surface area contributed by atoms with E-state index in [0.717, 1.165) is 21.1 Å². The second kappa shape index (κ2) is 5.46. The van der Waals surface area contributed by atoms with Gasteiger partial charge in [-0.2, -0.15) is 0 Å². The van der Waals surface area contributed by atoms with Crippen molar-refractivity contribution in [3.05, 3.63) is 64.4 Å². The van der Waals surface area contributed by atoms with Crippen LogP contribution in [0, 0.1) is 0 Å². The summed E-state index contributed by atoms with van der Waals surface area (Å²) in [6.45, 7) is 0.474. The second-order valence-corrected chi connectivity index (χ2v) is 5.32. The Morgan fingerprint density at radius 1 is 1.30 bits per heavy atom. The molecule has 5 heteroatoms. The quantitative estimate of drug-likeness (QED) is 0.774. The number of nitrogens with zero attached hydrogens (tertiary/aromatic N) is 1. The molecule has 0 unspecified atom stereocenters. The number of nitrogens with one attached hydrogen (secondary N) is 2. The number of aromatic amines is 1. The number of pyridine rings is 1. The lowest BCUT2D eigenvalue weighted by atomic mass is 10.1. The number of rotatable bonds is 3. The lowest BCUT2D eigenvalue weighted by Crippen LogP contribution is -2.22. The van der Waals surface area contributed by atoms with Gasteiger partial charge in [0.1, 0.15) is 5.65 Å². The number of carbonyl (C=O) groups excluding carboxylic acids is 1. The molecule has 1 aromatic carbocycles. The topological polar surface area (TPSA) is 57.8 Å². The first kappa shape index (κ1) is 12.9. The molecule has 100 valence electrons. The minimum absolute atomic E-state index is 0.0909. The van der Waals surface area contributed by atoms with Crippen LogP contribution in [0.1, 0.15) is 15.9 Å². The van der Waals surface area contributed by atoms with Gasteiger partial charge in [0.2, 0.25) is 0 Å². The lowest BCUT2D eigenvalue weighted by Gasteiger charge is -2.06. The Bertz CT molecular complexity index is 766. The molecule has 4 nitrogen and oxygen atoms in total. The summed E-state index contributed by atoms with van der Waals surface area (Å²) in [5, 5.41) is 3.95. The molecule has 0 bridgehead atoms. The van der Waals surface area contributed by atoms with Crippen LogP contribution in [0.15, 0.2) is 53.3 Å². The Kier molecular flexibility index (Phi) is 3.52. The van der Waals surface area contributed by atoms with Crippen molar-refractivity contribution < 1.29 is 4.79 Å². The number of carbonyl (C=O) groups is 1. The lowest BCUT2D eigenvalue weighted by molar-refractivity contribution is 0.0951. The van der Waals surface area contributed by atoms with Gasteiger partial charge >= 0.3 is 0 Å². The Balaban J connectivity index is 1.76. The Labute approximate surface area is 124 Å². The molecule has 0 saturated carbocycles. The van der Waals surface area contributed by atoms with Crippen LogP contribution >= 0.6 is 15.9 Å². The maximum atomic E-state index is 12.1. The zero-order valence-corrected chi connectivity index (χ0v) is 12.1. The van der Waals surface area contributed by atoms with Crippen LogP contribution < -0.4 is 5.32 Å². The van der Waals surface area contributed by atoms with E-state index in [1.54, 1.807) is 18.3 Å². The highest BCUT2D eigenvalue weighted by molar-refractivity contribution is 9.10. The first-order chi connectivity index (χ1) is 9.74. The SMILES string of the molecule is O=C(NCc1ccnc2[nH]ccc12)c1cccc(Br)c1. The van der Waals surface area contributed by atoms with Gasteiger partial charge in [0.25, 0.3) is 5.91 Å². The van der Waals surface area contributed by atoms with Crippen LogP contribution in [-0.2, 0) is 6.54 Å². The summed E-state index contributed by atoms with van der Waals surface area (Å²) in [6.07, 6.45) is 3.58. The van der Waals surface area contributed by atoms with E-state index < -0.39 is 0 Å². The molecule has 3 aromatic rings. The Morgan fingerprint density at radius 3 is 3.05 bits per heavy atom. The van der Waals surface area contributed by atoms with Gasteiger partial charge in [0.05, 0.1) is 0 Å². The van der Waals surface area contributed by atoms with Crippen molar-refractivity contribution in [3.63, 3.8) is 0 Å². The first-order valence-electron chi connectivity index (χ1n) is 6.19. The van der Waals surface area contributed by atoms with Gasteiger partial charge in [0, 0.05) is 34.4 Å². The predicted octanol–water partition coefficient (Wildman–Crippen LogP) is 3.26. The molecule has 0 aliphatic carbocycles. The van der Waals surface area contributed by atoms with Gasteiger partial charge in [-0.3, -0.25) is 4.79 Å². The summed E-state index contributed by atoms with van der Waals surface area (Å²) in [7, 11) is 0. The number of H-pyrrole nitrogens is 1. The number of halogens is 1. The van der Waals surface area contributed by atoms with Crippen molar-refractivity contribution in [2.45, 2.75) is 6.54 Å². The van der Waals surface area contributed by atoms with E-state index in [9.17, 15) is 4.79 Å². The number of amides is 1. The molecule has 0 spiro atoms. The molecule has 0 fully saturated rings. The average Bonchev–Trinajstić information content (AvgIpc) is 2.93. The van der Waals surface area contributed by atoms with E-state index in [4.69, 9.17) is 0 Å². The number of hydrogen-bond acceptors (Lipinski definition) is 2. The summed E-state index contributed by atoms with van der Waals surface area (Å²) in [5.41, 5.74) is 2.51. The van der Waals surface area contributed by atoms with Crippen LogP contribution in [-0.4, -0.2) is 15.9 Å². The number of hydrogen-bond donors (Lipinski definition) is 2. The van der Waals surface area contributed by atoms with Gasteiger partial charge in [0.15, 0.2) is 0 Å². The molecule has 1 amide bonds. The molecular formula is C15H12BrN3O. The first-order valence-corrected chi connectivity index (χ1v) is 6.98. The van der Waals surface area contributed by atoms with Gasteiger partial charge < -0.3 is 10.3 Å². The predicted molar refractivity (Wildman–Crippen MR) is 81.4 cm³/mol. The standard InChI is InChI=1S/C15H12BrN3O/c16-12-3-1-2-10(8-12)15(20)19-9-11-4-6-17-14-13(11)5-7-18-14/h1-8H,9H2,(H,17,18)(H,19,20). The van der Waals surface area contributed by atoms with Gasteiger partial charge in [-0.15, -0.1) is 0 Å². The summed E-state index contributed by atoms with van der Waals surface area (Å²) in [5.74, 6) is -0.0909. The van der Waals surface area contributed by atoms with Gasteiger partial charge in [-0.25, -0.2) is 4.98 Å². The van der Waals surface area contributed by atoms with E-state index in [-0.39, 0.29) is 5.91 Å². The van der Waals surface area contributed by atoms with Crippen molar-refractivity contribution in [2.75, 3.05) is 0 Å². The third-order valence-corrected chi connectivity index (χ3v) is 3.57. The fourth-order valence-electron chi connectivity index (χ4n) is 2.08. The maximum Gasteiger partial charge on any atom is 0.251 e. The number of aromatic nitrogens is 2. The highest BCUT2D eigenvalue weighted by Gasteiger charge is 2.07. The summed E-state index contributed by atoms with van der Waals surface area (Å²) in [6, 6.07) is 11.2. The van der Waals surface area contributed by atoms with Crippen molar-refractivity contribution in [1.82, 2.24) is 15.3 Å². The van der Waals surface area contributed by atoms with Crippen LogP contribution in [0.3, 0.4) is 0 Å². The minimum Gasteiger partial charge on any atom is -0.348 e. The molecular weight excluding hydrogens is 318 g/mol. The summed E-state index contributed by atoms with van der Waals surface area (Å²) in [4.78, 5) is 19.4. The molecule has 2 heterocycles. The highest BCUT2D eigenvalue weighted by atomic mass is 79.9. The summed E-state index contributed by atoms with van der Waals surface area (Å²) < 4.78 is 0.891. The van der Waals surface area contributed by atoms with Crippen LogP contribution in [0.25, 0.3) is 11.0 Å². The molecule has 2 aromatic heterocycles. The van der Waals surface area contributed by atoms with Crippen LogP contribution in [0.5, 0.6) is 0 Å². The smallest absolute Gasteiger partial charge is 0.251 e. The average molecular weight is 330 g/mol. The third kappa shape index (κ3) is 2.58. The molecule has 0 radical (unpaired) electrons. The zero-order chi connectivity index (χ0) is 13.9.